The number of rotatable bonds is 4. The van der Waals surface area contributed by atoms with E-state index in [1.807, 2.05) is 62.4 Å². The SMILES string of the molecule is COc1ccc(NC(=O)C2=C(C)NC(=S)NC2c2ccccc2C)cc1. The van der Waals surface area contributed by atoms with Gasteiger partial charge in [-0.25, -0.2) is 0 Å². The third-order valence-corrected chi connectivity index (χ3v) is 4.58. The zero-order valence-corrected chi connectivity index (χ0v) is 15.7. The number of anilines is 1. The molecule has 5 nitrogen and oxygen atoms in total. The van der Waals surface area contributed by atoms with E-state index in [1.54, 1.807) is 7.11 Å². The fourth-order valence-electron chi connectivity index (χ4n) is 3.01. The van der Waals surface area contributed by atoms with Crippen LogP contribution < -0.4 is 20.7 Å². The number of nitrogens with one attached hydrogen (secondary N) is 3. The molecule has 1 aliphatic heterocycles. The lowest BCUT2D eigenvalue weighted by atomic mass is 9.92. The van der Waals surface area contributed by atoms with E-state index >= 15 is 0 Å². The van der Waals surface area contributed by atoms with Crippen molar-refractivity contribution in [2.24, 2.45) is 0 Å². The van der Waals surface area contributed by atoms with E-state index in [-0.39, 0.29) is 11.9 Å². The van der Waals surface area contributed by atoms with Crippen LogP contribution in [0.5, 0.6) is 5.75 Å². The van der Waals surface area contributed by atoms with Crippen molar-refractivity contribution >= 4 is 28.9 Å². The summed E-state index contributed by atoms with van der Waals surface area (Å²) in [6.45, 7) is 3.89. The number of thiocarbonyl (C=S) groups is 1. The number of ether oxygens (including phenoxy) is 1. The van der Waals surface area contributed by atoms with Crippen molar-refractivity contribution in [2.75, 3.05) is 12.4 Å². The van der Waals surface area contributed by atoms with E-state index in [0.717, 1.165) is 22.6 Å². The maximum absolute atomic E-state index is 13.0. The van der Waals surface area contributed by atoms with Crippen LogP contribution >= 0.6 is 12.2 Å². The maximum atomic E-state index is 13.0. The maximum Gasteiger partial charge on any atom is 0.255 e. The molecule has 0 aromatic heterocycles. The number of hydrogen-bond donors (Lipinski definition) is 3. The molecule has 2 aromatic carbocycles. The Labute approximate surface area is 158 Å². The van der Waals surface area contributed by atoms with Crippen LogP contribution in [0.1, 0.15) is 24.1 Å². The van der Waals surface area contributed by atoms with E-state index in [1.165, 1.54) is 0 Å². The summed E-state index contributed by atoms with van der Waals surface area (Å²) in [5.74, 6) is 0.561. The zero-order chi connectivity index (χ0) is 18.7. The van der Waals surface area contributed by atoms with Gasteiger partial charge in [-0.1, -0.05) is 24.3 Å². The van der Waals surface area contributed by atoms with E-state index in [2.05, 4.69) is 16.0 Å². The molecule has 1 atom stereocenters. The van der Waals surface area contributed by atoms with Crippen LogP contribution in [0.25, 0.3) is 0 Å². The van der Waals surface area contributed by atoms with Gasteiger partial charge >= 0.3 is 0 Å². The van der Waals surface area contributed by atoms with Crippen molar-refractivity contribution in [3.63, 3.8) is 0 Å². The van der Waals surface area contributed by atoms with Gasteiger partial charge in [0.2, 0.25) is 0 Å². The number of carbonyl (C=O) groups excluding carboxylic acids is 1. The third-order valence-electron chi connectivity index (χ3n) is 4.36. The summed E-state index contributed by atoms with van der Waals surface area (Å²) in [5, 5.41) is 9.74. The Morgan fingerprint density at radius 2 is 1.81 bits per heavy atom. The standard InChI is InChI=1S/C20H21N3O2S/c1-12-6-4-5-7-16(12)18-17(13(2)21-20(26)23-18)19(24)22-14-8-10-15(25-3)11-9-14/h4-11,18H,1-3H3,(H,22,24)(H2,21,23,26). The molecule has 0 spiro atoms. The van der Waals surface area contributed by atoms with Crippen LogP contribution in [0, 0.1) is 6.92 Å². The molecule has 134 valence electrons. The van der Waals surface area contributed by atoms with Gasteiger partial charge in [-0.3, -0.25) is 4.79 Å². The molecule has 26 heavy (non-hydrogen) atoms. The first-order chi connectivity index (χ1) is 12.5. The number of amides is 1. The minimum atomic E-state index is -0.303. The van der Waals surface area contributed by atoms with Crippen molar-refractivity contribution in [3.05, 3.63) is 70.9 Å². The van der Waals surface area contributed by atoms with Crippen LogP contribution in [0.4, 0.5) is 5.69 Å². The number of methoxy groups -OCH3 is 1. The molecule has 2 aromatic rings. The van der Waals surface area contributed by atoms with Gasteiger partial charge < -0.3 is 20.7 Å². The number of aryl methyl sites for hydroxylation is 1. The molecule has 0 aliphatic carbocycles. The van der Waals surface area contributed by atoms with E-state index in [9.17, 15) is 4.79 Å². The quantitative estimate of drug-likeness (QED) is 0.723. The van der Waals surface area contributed by atoms with Gasteiger partial charge in [-0.05, 0) is 61.5 Å². The topological polar surface area (TPSA) is 62.4 Å². The lowest BCUT2D eigenvalue weighted by Crippen LogP contribution is -2.46. The molecule has 0 saturated carbocycles. The first-order valence-corrected chi connectivity index (χ1v) is 8.69. The van der Waals surface area contributed by atoms with Crippen molar-refractivity contribution < 1.29 is 9.53 Å². The van der Waals surface area contributed by atoms with E-state index in [4.69, 9.17) is 17.0 Å². The number of allylic oxidation sites excluding steroid dienone is 1. The Bertz CT molecular complexity index is 875. The molecule has 0 saturated heterocycles. The average molecular weight is 367 g/mol. The van der Waals surface area contributed by atoms with Crippen molar-refractivity contribution in [2.45, 2.75) is 19.9 Å². The van der Waals surface area contributed by atoms with Crippen LogP contribution in [-0.2, 0) is 4.79 Å². The van der Waals surface area contributed by atoms with Gasteiger partial charge in [0.05, 0.1) is 18.7 Å². The predicted octanol–water partition coefficient (Wildman–Crippen LogP) is 3.44. The molecule has 0 fully saturated rings. The van der Waals surface area contributed by atoms with Gasteiger partial charge in [-0.15, -0.1) is 0 Å². The molecular weight excluding hydrogens is 346 g/mol. The summed E-state index contributed by atoms with van der Waals surface area (Å²) in [4.78, 5) is 13.0. The predicted molar refractivity (Wildman–Crippen MR) is 107 cm³/mol. The normalized spacial score (nSPS) is 16.6. The molecule has 0 radical (unpaired) electrons. The second-order valence-electron chi connectivity index (χ2n) is 6.11. The monoisotopic (exact) mass is 367 g/mol. The van der Waals surface area contributed by atoms with Gasteiger partial charge in [0.1, 0.15) is 5.75 Å². The highest BCUT2D eigenvalue weighted by Crippen LogP contribution is 2.29. The van der Waals surface area contributed by atoms with Crippen LogP contribution in [0.2, 0.25) is 0 Å². The number of benzene rings is 2. The van der Waals surface area contributed by atoms with Gasteiger partial charge in [0.25, 0.3) is 5.91 Å². The lowest BCUT2D eigenvalue weighted by Gasteiger charge is -2.31. The van der Waals surface area contributed by atoms with Crippen molar-refractivity contribution in [3.8, 4) is 5.75 Å². The number of carbonyl (C=O) groups is 1. The molecule has 1 heterocycles. The first kappa shape index (κ1) is 17.9. The van der Waals surface area contributed by atoms with Crippen molar-refractivity contribution in [1.82, 2.24) is 10.6 Å². The summed E-state index contributed by atoms with van der Waals surface area (Å²) < 4.78 is 5.15. The molecular formula is C20H21N3O2S. The molecule has 6 heteroatoms. The van der Waals surface area contributed by atoms with E-state index in [0.29, 0.717) is 16.4 Å². The summed E-state index contributed by atoms with van der Waals surface area (Å²) in [5.41, 5.74) is 4.18. The fraction of sp³-hybridized carbons (Fsp3) is 0.200. The van der Waals surface area contributed by atoms with Crippen LogP contribution in [0.3, 0.4) is 0 Å². The summed E-state index contributed by atoms with van der Waals surface area (Å²) >= 11 is 5.30. The molecule has 3 N–H and O–H groups in total. The van der Waals surface area contributed by atoms with E-state index < -0.39 is 0 Å². The molecule has 3 rings (SSSR count). The Balaban J connectivity index is 1.93. The minimum Gasteiger partial charge on any atom is -0.497 e. The highest BCUT2D eigenvalue weighted by molar-refractivity contribution is 7.80. The van der Waals surface area contributed by atoms with Crippen LogP contribution in [-0.4, -0.2) is 18.1 Å². The first-order valence-electron chi connectivity index (χ1n) is 8.29. The Kier molecular flexibility index (Phi) is 5.23. The average Bonchev–Trinajstić information content (AvgIpc) is 2.62. The Morgan fingerprint density at radius 3 is 2.46 bits per heavy atom. The van der Waals surface area contributed by atoms with Crippen LogP contribution in [0.15, 0.2) is 59.8 Å². The summed E-state index contributed by atoms with van der Waals surface area (Å²) in [6, 6.07) is 14.9. The van der Waals surface area contributed by atoms with Crippen molar-refractivity contribution in [1.29, 1.82) is 0 Å². The Hall–Kier alpha value is -2.86. The largest absolute Gasteiger partial charge is 0.497 e. The minimum absolute atomic E-state index is 0.177. The fourth-order valence-corrected chi connectivity index (χ4v) is 3.28. The molecule has 1 unspecified atom stereocenters. The second-order valence-corrected chi connectivity index (χ2v) is 6.52. The van der Waals surface area contributed by atoms with Gasteiger partial charge in [0.15, 0.2) is 5.11 Å². The molecule has 1 amide bonds. The van der Waals surface area contributed by atoms with Gasteiger partial charge in [0, 0.05) is 11.4 Å². The highest BCUT2D eigenvalue weighted by Gasteiger charge is 2.30. The lowest BCUT2D eigenvalue weighted by molar-refractivity contribution is -0.113. The summed E-state index contributed by atoms with van der Waals surface area (Å²) in [7, 11) is 1.61. The molecule has 0 bridgehead atoms. The Morgan fingerprint density at radius 1 is 1.12 bits per heavy atom. The third kappa shape index (κ3) is 3.70. The smallest absolute Gasteiger partial charge is 0.255 e. The second kappa shape index (κ2) is 7.58. The number of hydrogen-bond acceptors (Lipinski definition) is 3. The summed E-state index contributed by atoms with van der Waals surface area (Å²) in [6.07, 6.45) is 0. The zero-order valence-electron chi connectivity index (χ0n) is 14.9. The van der Waals surface area contributed by atoms with Gasteiger partial charge in [-0.2, -0.15) is 0 Å². The molecule has 1 aliphatic rings. The highest BCUT2D eigenvalue weighted by atomic mass is 32.1.